The van der Waals surface area contributed by atoms with E-state index in [0.29, 0.717) is 19.3 Å². The zero-order chi connectivity index (χ0) is 40.6. The van der Waals surface area contributed by atoms with Crippen molar-refractivity contribution in [3.63, 3.8) is 0 Å². The summed E-state index contributed by atoms with van der Waals surface area (Å²) in [7, 11) is 0. The van der Waals surface area contributed by atoms with Gasteiger partial charge in [0.15, 0.2) is 0 Å². The lowest BCUT2D eigenvalue weighted by molar-refractivity contribution is -0.155. The van der Waals surface area contributed by atoms with Crippen molar-refractivity contribution < 1.29 is 47.7 Å². The number of carbonyl (C=O) groups is 6. The van der Waals surface area contributed by atoms with E-state index in [1.54, 1.807) is 41.5 Å². The van der Waals surface area contributed by atoms with Crippen LogP contribution in [-0.4, -0.2) is 85.5 Å². The molecule has 0 radical (unpaired) electrons. The Bertz CT molecular complexity index is 1590. The molecule has 0 aliphatic heterocycles. The molecule has 4 N–H and O–H groups in total. The number of carbonyl (C=O) groups excluding carboxylic acids is 6. The number of amides is 4. The van der Waals surface area contributed by atoms with Crippen LogP contribution in [0.25, 0.3) is 11.1 Å². The standard InChI is InChI=1S/C41H58N4O10/c1-8-9-24-52-35(47)25-43-36(48)33(21-22-34(46)54-40(2,3)4)44-37(49)32(20-14-15-23-42-38(50)55-41(5,6)7)45-39(51)53-26-31-29-18-12-10-16-27(29)28-17-11-13-19-30(28)31/h10-13,16-19,31-33H,8-9,14-15,20-26H2,1-7H3,(H,42,50)(H,43,48)(H,44,49)(H,45,51). The Hall–Kier alpha value is -5.14. The third kappa shape index (κ3) is 15.6. The summed E-state index contributed by atoms with van der Waals surface area (Å²) in [5.74, 6) is -2.86. The van der Waals surface area contributed by atoms with Crippen molar-refractivity contribution in [2.75, 3.05) is 26.3 Å². The van der Waals surface area contributed by atoms with Gasteiger partial charge in [0.1, 0.15) is 36.4 Å². The highest BCUT2D eigenvalue weighted by Gasteiger charge is 2.31. The highest BCUT2D eigenvalue weighted by molar-refractivity contribution is 5.92. The molecule has 2 atom stereocenters. The maximum Gasteiger partial charge on any atom is 0.407 e. The molecule has 4 amide bonds. The maximum atomic E-state index is 13.8. The van der Waals surface area contributed by atoms with Crippen molar-refractivity contribution in [3.05, 3.63) is 59.7 Å². The van der Waals surface area contributed by atoms with E-state index in [1.807, 2.05) is 55.5 Å². The molecule has 3 rings (SSSR count). The number of nitrogens with one attached hydrogen (secondary N) is 4. The smallest absolute Gasteiger partial charge is 0.407 e. The second kappa shape index (κ2) is 21.1. The monoisotopic (exact) mass is 766 g/mol. The number of hydrogen-bond acceptors (Lipinski definition) is 10. The average Bonchev–Trinajstić information content (AvgIpc) is 3.42. The minimum atomic E-state index is -1.26. The zero-order valence-corrected chi connectivity index (χ0v) is 33.2. The van der Waals surface area contributed by atoms with Gasteiger partial charge in [-0.05, 0) is 95.9 Å². The van der Waals surface area contributed by atoms with E-state index < -0.39 is 65.8 Å². The largest absolute Gasteiger partial charge is 0.464 e. The molecule has 0 spiro atoms. The first-order chi connectivity index (χ1) is 26.0. The predicted octanol–water partition coefficient (Wildman–Crippen LogP) is 5.65. The molecule has 0 aromatic heterocycles. The summed E-state index contributed by atoms with van der Waals surface area (Å²) in [5, 5.41) is 10.5. The van der Waals surface area contributed by atoms with Gasteiger partial charge in [-0.3, -0.25) is 19.2 Å². The SMILES string of the molecule is CCCCOC(=O)CNC(=O)C(CCC(=O)OC(C)(C)C)NC(=O)C(CCCCNC(=O)OC(C)(C)C)NC(=O)OCC1c2ccccc2-c2ccccc21. The predicted molar refractivity (Wildman–Crippen MR) is 206 cm³/mol. The van der Waals surface area contributed by atoms with E-state index in [1.165, 1.54) is 0 Å². The first-order valence-corrected chi connectivity index (χ1v) is 19.0. The molecule has 2 aromatic carbocycles. The number of fused-ring (bicyclic) bond motifs is 3. The van der Waals surface area contributed by atoms with Crippen molar-refractivity contribution >= 4 is 35.9 Å². The average molecular weight is 767 g/mol. The van der Waals surface area contributed by atoms with Crippen LogP contribution in [0.5, 0.6) is 0 Å². The van der Waals surface area contributed by atoms with Crippen LogP contribution >= 0.6 is 0 Å². The molecule has 14 nitrogen and oxygen atoms in total. The van der Waals surface area contributed by atoms with Crippen LogP contribution in [0.3, 0.4) is 0 Å². The molecule has 0 fully saturated rings. The van der Waals surface area contributed by atoms with Crippen LogP contribution in [0.1, 0.15) is 110 Å². The summed E-state index contributed by atoms with van der Waals surface area (Å²) < 4.78 is 21.5. The van der Waals surface area contributed by atoms with E-state index in [-0.39, 0.29) is 44.9 Å². The Morgan fingerprint density at radius 3 is 1.85 bits per heavy atom. The van der Waals surface area contributed by atoms with Crippen LogP contribution in [0.4, 0.5) is 9.59 Å². The molecule has 2 aromatic rings. The van der Waals surface area contributed by atoms with Gasteiger partial charge < -0.3 is 40.2 Å². The van der Waals surface area contributed by atoms with E-state index in [0.717, 1.165) is 28.7 Å². The van der Waals surface area contributed by atoms with Crippen molar-refractivity contribution in [1.82, 2.24) is 21.3 Å². The normalized spacial score (nSPS) is 13.3. The third-order valence-electron chi connectivity index (χ3n) is 8.40. The second-order valence-corrected chi connectivity index (χ2v) is 15.4. The Kier molecular flexibility index (Phi) is 17.0. The number of unbranched alkanes of at least 4 members (excludes halogenated alkanes) is 2. The number of hydrogen-bond donors (Lipinski definition) is 4. The summed E-state index contributed by atoms with van der Waals surface area (Å²) >= 11 is 0. The first-order valence-electron chi connectivity index (χ1n) is 19.0. The summed E-state index contributed by atoms with van der Waals surface area (Å²) in [6.07, 6.45) is 0.675. The minimum absolute atomic E-state index is 0.0171. The number of alkyl carbamates (subject to hydrolysis) is 2. The van der Waals surface area contributed by atoms with E-state index in [4.69, 9.17) is 18.9 Å². The van der Waals surface area contributed by atoms with Crippen molar-refractivity contribution in [3.8, 4) is 11.1 Å². The Balaban J connectivity index is 1.72. The number of benzene rings is 2. The fraction of sp³-hybridized carbons (Fsp3) is 0.561. The highest BCUT2D eigenvalue weighted by atomic mass is 16.6. The molecule has 0 saturated carbocycles. The summed E-state index contributed by atoms with van der Waals surface area (Å²) in [5.41, 5.74) is 2.75. The lowest BCUT2D eigenvalue weighted by Gasteiger charge is -2.24. The van der Waals surface area contributed by atoms with Crippen LogP contribution in [0.2, 0.25) is 0 Å². The Morgan fingerprint density at radius 1 is 0.655 bits per heavy atom. The molecule has 0 saturated heterocycles. The van der Waals surface area contributed by atoms with Gasteiger partial charge in [-0.25, -0.2) is 9.59 Å². The maximum absolute atomic E-state index is 13.8. The van der Waals surface area contributed by atoms with Gasteiger partial charge in [0.05, 0.1) is 6.61 Å². The molecule has 2 unspecified atom stereocenters. The molecule has 0 bridgehead atoms. The molecule has 1 aliphatic rings. The van der Waals surface area contributed by atoms with E-state index >= 15 is 0 Å². The third-order valence-corrected chi connectivity index (χ3v) is 8.40. The summed E-state index contributed by atoms with van der Waals surface area (Å²) in [4.78, 5) is 77.4. The Morgan fingerprint density at radius 2 is 1.25 bits per heavy atom. The lowest BCUT2D eigenvalue weighted by atomic mass is 9.98. The zero-order valence-electron chi connectivity index (χ0n) is 33.2. The number of rotatable bonds is 19. The first kappa shape index (κ1) is 44.3. The van der Waals surface area contributed by atoms with Gasteiger partial charge in [-0.2, -0.15) is 0 Å². The fourth-order valence-corrected chi connectivity index (χ4v) is 5.89. The number of esters is 2. The molecule has 1 aliphatic carbocycles. The van der Waals surface area contributed by atoms with Crippen LogP contribution in [0, 0.1) is 0 Å². The summed E-state index contributed by atoms with van der Waals surface area (Å²) in [6.45, 7) is 12.4. The van der Waals surface area contributed by atoms with Crippen LogP contribution in [0.15, 0.2) is 48.5 Å². The van der Waals surface area contributed by atoms with Crippen LogP contribution in [-0.2, 0) is 38.1 Å². The van der Waals surface area contributed by atoms with Crippen molar-refractivity contribution in [2.45, 2.75) is 123 Å². The van der Waals surface area contributed by atoms with Gasteiger partial charge in [-0.1, -0.05) is 61.9 Å². The topological polar surface area (TPSA) is 187 Å². The molecular weight excluding hydrogens is 708 g/mol. The molecule has 55 heavy (non-hydrogen) atoms. The second-order valence-electron chi connectivity index (χ2n) is 15.4. The van der Waals surface area contributed by atoms with E-state index in [2.05, 4.69) is 21.3 Å². The van der Waals surface area contributed by atoms with Gasteiger partial charge in [0, 0.05) is 18.9 Å². The highest BCUT2D eigenvalue weighted by Crippen LogP contribution is 2.44. The van der Waals surface area contributed by atoms with Crippen LogP contribution < -0.4 is 21.3 Å². The quantitative estimate of drug-likeness (QED) is 0.0790. The molecule has 14 heteroatoms. The van der Waals surface area contributed by atoms with E-state index in [9.17, 15) is 28.8 Å². The summed E-state index contributed by atoms with van der Waals surface area (Å²) in [6, 6.07) is 13.4. The van der Waals surface area contributed by atoms with Gasteiger partial charge in [-0.15, -0.1) is 0 Å². The lowest BCUT2D eigenvalue weighted by Crippen LogP contribution is -2.54. The number of ether oxygens (including phenoxy) is 4. The van der Waals surface area contributed by atoms with Crippen molar-refractivity contribution in [2.24, 2.45) is 0 Å². The minimum Gasteiger partial charge on any atom is -0.464 e. The Labute approximate surface area is 324 Å². The van der Waals surface area contributed by atoms with Gasteiger partial charge in [0.2, 0.25) is 11.8 Å². The van der Waals surface area contributed by atoms with Crippen molar-refractivity contribution in [1.29, 1.82) is 0 Å². The molecular formula is C41H58N4O10. The fourth-order valence-electron chi connectivity index (χ4n) is 5.89. The molecule has 0 heterocycles. The van der Waals surface area contributed by atoms with Gasteiger partial charge in [0.25, 0.3) is 0 Å². The molecule has 302 valence electrons. The van der Waals surface area contributed by atoms with Gasteiger partial charge >= 0.3 is 24.1 Å².